The van der Waals surface area contributed by atoms with E-state index in [9.17, 15) is 10.2 Å². The molecule has 3 saturated carbocycles. The predicted octanol–water partition coefficient (Wildman–Crippen LogP) is 6.36. The van der Waals surface area contributed by atoms with E-state index in [4.69, 9.17) is 0 Å². The van der Waals surface area contributed by atoms with Crippen molar-refractivity contribution in [3.63, 3.8) is 0 Å². The molecule has 29 heavy (non-hydrogen) atoms. The van der Waals surface area contributed by atoms with Crippen LogP contribution in [0.25, 0.3) is 0 Å². The molecule has 9 atom stereocenters. The van der Waals surface area contributed by atoms with Gasteiger partial charge in [0.2, 0.25) is 0 Å². The summed E-state index contributed by atoms with van der Waals surface area (Å²) in [7, 11) is 0. The molecule has 2 nitrogen and oxygen atoms in total. The number of fused-ring (bicyclic) bond motifs is 5. The summed E-state index contributed by atoms with van der Waals surface area (Å²) in [6.45, 7) is 12.0. The normalized spacial score (nSPS) is 46.5. The lowest BCUT2D eigenvalue weighted by Crippen LogP contribution is -2.51. The molecule has 0 aromatic carbocycles. The van der Waals surface area contributed by atoms with Crippen molar-refractivity contribution in [1.29, 1.82) is 0 Å². The summed E-state index contributed by atoms with van der Waals surface area (Å²) in [6.07, 6.45) is 14.1. The average Bonchev–Trinajstić information content (AvgIpc) is 3.03. The molecule has 4 rings (SSSR count). The molecule has 0 radical (unpaired) electrons. The Kier molecular flexibility index (Phi) is 6.01. The van der Waals surface area contributed by atoms with Crippen molar-refractivity contribution in [3.8, 4) is 0 Å². The number of hydrogen-bond acceptors (Lipinski definition) is 2. The Balaban J connectivity index is 1.51. The largest absolute Gasteiger partial charge is 0.393 e. The fourth-order valence-electron chi connectivity index (χ4n) is 8.58. The lowest BCUT2D eigenvalue weighted by Gasteiger charge is -2.58. The first kappa shape index (κ1) is 21.9. The van der Waals surface area contributed by atoms with Gasteiger partial charge in [-0.15, -0.1) is 0 Å². The van der Waals surface area contributed by atoms with Crippen molar-refractivity contribution < 1.29 is 10.2 Å². The van der Waals surface area contributed by atoms with Gasteiger partial charge in [-0.2, -0.15) is 0 Å². The van der Waals surface area contributed by atoms with Crippen LogP contribution in [-0.2, 0) is 0 Å². The van der Waals surface area contributed by atoms with Crippen LogP contribution in [0.2, 0.25) is 0 Å². The van der Waals surface area contributed by atoms with Crippen molar-refractivity contribution in [2.45, 2.75) is 111 Å². The first-order valence-corrected chi connectivity index (χ1v) is 12.7. The van der Waals surface area contributed by atoms with Crippen LogP contribution in [-0.4, -0.2) is 22.4 Å². The van der Waals surface area contributed by atoms with E-state index >= 15 is 0 Å². The molecule has 0 aliphatic heterocycles. The predicted molar refractivity (Wildman–Crippen MR) is 120 cm³/mol. The molecule has 3 fully saturated rings. The monoisotopic (exact) mass is 402 g/mol. The highest BCUT2D eigenvalue weighted by atomic mass is 16.3. The maximum absolute atomic E-state index is 11.0. The Morgan fingerprint density at radius 3 is 2.48 bits per heavy atom. The van der Waals surface area contributed by atoms with Gasteiger partial charge in [-0.1, -0.05) is 46.3 Å². The minimum absolute atomic E-state index is 0.108. The number of aliphatic hydroxyl groups excluding tert-OH is 2. The van der Waals surface area contributed by atoms with Gasteiger partial charge < -0.3 is 10.2 Å². The molecule has 2 N–H and O–H groups in total. The summed E-state index contributed by atoms with van der Waals surface area (Å²) in [5.74, 6) is 4.25. The molecule has 166 valence electrons. The molecular formula is C27H46O2. The first-order valence-electron chi connectivity index (χ1n) is 12.7. The molecule has 0 spiro atoms. The van der Waals surface area contributed by atoms with Crippen molar-refractivity contribution in [2.24, 2.45) is 46.3 Å². The van der Waals surface area contributed by atoms with E-state index in [0.29, 0.717) is 28.6 Å². The smallest absolute Gasteiger partial charge is 0.0577 e. The Hall–Kier alpha value is -0.340. The highest BCUT2D eigenvalue weighted by Crippen LogP contribution is 2.67. The van der Waals surface area contributed by atoms with Crippen molar-refractivity contribution in [1.82, 2.24) is 0 Å². The lowest BCUT2D eigenvalue weighted by atomic mass is 9.47. The summed E-state index contributed by atoms with van der Waals surface area (Å²) >= 11 is 0. The van der Waals surface area contributed by atoms with Crippen LogP contribution in [0.3, 0.4) is 0 Å². The average molecular weight is 403 g/mol. The van der Waals surface area contributed by atoms with Crippen LogP contribution in [0, 0.1) is 46.3 Å². The third-order valence-corrected chi connectivity index (χ3v) is 10.4. The van der Waals surface area contributed by atoms with Crippen LogP contribution in [0.1, 0.15) is 98.8 Å². The van der Waals surface area contributed by atoms with E-state index in [1.165, 1.54) is 38.5 Å². The van der Waals surface area contributed by atoms with Gasteiger partial charge >= 0.3 is 0 Å². The molecule has 4 aliphatic rings. The van der Waals surface area contributed by atoms with Crippen LogP contribution in [0.15, 0.2) is 11.6 Å². The summed E-state index contributed by atoms with van der Waals surface area (Å²) in [5.41, 5.74) is 2.33. The lowest BCUT2D eigenvalue weighted by molar-refractivity contribution is -0.0681. The number of hydrogen-bond donors (Lipinski definition) is 2. The van der Waals surface area contributed by atoms with Gasteiger partial charge in [0.15, 0.2) is 0 Å². The second kappa shape index (κ2) is 7.97. The molecule has 0 amide bonds. The highest BCUT2D eigenvalue weighted by molar-refractivity contribution is 5.25. The molecule has 2 heteroatoms. The molecule has 0 unspecified atom stereocenters. The quantitative estimate of drug-likeness (QED) is 0.525. The van der Waals surface area contributed by atoms with Gasteiger partial charge in [-0.05, 0) is 111 Å². The second-order valence-corrected chi connectivity index (χ2v) is 12.3. The van der Waals surface area contributed by atoms with Crippen molar-refractivity contribution >= 4 is 0 Å². The number of allylic oxidation sites excluding steroid dienone is 1. The van der Waals surface area contributed by atoms with Gasteiger partial charge in [0.1, 0.15) is 0 Å². The Labute approximate surface area is 179 Å². The Morgan fingerprint density at radius 2 is 1.76 bits per heavy atom. The number of rotatable bonds is 5. The third kappa shape index (κ3) is 3.65. The fourth-order valence-corrected chi connectivity index (χ4v) is 8.58. The summed E-state index contributed by atoms with van der Waals surface area (Å²) in [5, 5.41) is 21.2. The van der Waals surface area contributed by atoms with E-state index in [2.05, 4.69) is 40.7 Å². The second-order valence-electron chi connectivity index (χ2n) is 12.3. The highest BCUT2D eigenvalue weighted by Gasteiger charge is 2.59. The fraction of sp³-hybridized carbons (Fsp3) is 0.926. The minimum Gasteiger partial charge on any atom is -0.393 e. The van der Waals surface area contributed by atoms with E-state index < -0.39 is 0 Å². The summed E-state index contributed by atoms with van der Waals surface area (Å²) in [6, 6.07) is 0. The Bertz CT molecular complexity index is 624. The Morgan fingerprint density at radius 1 is 1.00 bits per heavy atom. The van der Waals surface area contributed by atoms with E-state index in [-0.39, 0.29) is 12.2 Å². The van der Waals surface area contributed by atoms with E-state index in [0.717, 1.165) is 43.4 Å². The zero-order valence-corrected chi connectivity index (χ0v) is 19.7. The molecule has 0 aromatic heterocycles. The molecule has 0 aromatic rings. The molecule has 0 bridgehead atoms. The molecule has 4 aliphatic carbocycles. The van der Waals surface area contributed by atoms with E-state index in [1.54, 1.807) is 5.57 Å². The van der Waals surface area contributed by atoms with Crippen LogP contribution in [0.4, 0.5) is 0 Å². The van der Waals surface area contributed by atoms with Crippen molar-refractivity contribution in [3.05, 3.63) is 11.6 Å². The van der Waals surface area contributed by atoms with Gasteiger partial charge in [0.25, 0.3) is 0 Å². The third-order valence-electron chi connectivity index (χ3n) is 10.4. The first-order chi connectivity index (χ1) is 13.7. The zero-order chi connectivity index (χ0) is 21.0. The van der Waals surface area contributed by atoms with Crippen LogP contribution in [0.5, 0.6) is 0 Å². The maximum atomic E-state index is 11.0. The SMILES string of the molecule is CC(C)CC[C@H](O)[C@@H](C)[C@H]1CC[C@@H]2[C@H]3CC=C4C[C@@H](O)CC[C@]4(C)[C@@H]3CC[C@]12C. The number of aliphatic hydroxyl groups is 2. The summed E-state index contributed by atoms with van der Waals surface area (Å²) < 4.78 is 0. The maximum Gasteiger partial charge on any atom is 0.0577 e. The molecule has 0 heterocycles. The van der Waals surface area contributed by atoms with Gasteiger partial charge in [-0.3, -0.25) is 0 Å². The van der Waals surface area contributed by atoms with E-state index in [1.807, 2.05) is 0 Å². The molecule has 0 saturated heterocycles. The summed E-state index contributed by atoms with van der Waals surface area (Å²) in [4.78, 5) is 0. The van der Waals surface area contributed by atoms with Gasteiger partial charge in [0, 0.05) is 0 Å². The zero-order valence-electron chi connectivity index (χ0n) is 19.7. The standard InChI is InChI=1S/C27H46O2/c1-17(2)6-11-25(29)18(3)22-9-10-23-21-8-7-19-16-20(28)12-14-26(19,4)24(21)13-15-27(22,23)5/h7,17-18,20-25,28-29H,6,8-16H2,1-5H3/t18-,20-,21+,22+,23+,24+,25-,26-,27+/m0/s1. The van der Waals surface area contributed by atoms with Gasteiger partial charge in [0.05, 0.1) is 12.2 Å². The molecular weight excluding hydrogens is 356 g/mol. The van der Waals surface area contributed by atoms with Crippen LogP contribution < -0.4 is 0 Å². The van der Waals surface area contributed by atoms with Crippen LogP contribution >= 0.6 is 0 Å². The topological polar surface area (TPSA) is 40.5 Å². The van der Waals surface area contributed by atoms with Gasteiger partial charge in [-0.25, -0.2) is 0 Å². The minimum atomic E-state index is -0.133. The van der Waals surface area contributed by atoms with Crippen molar-refractivity contribution in [2.75, 3.05) is 0 Å².